The van der Waals surface area contributed by atoms with Crippen LogP contribution in [0.4, 0.5) is 0 Å². The van der Waals surface area contributed by atoms with Gasteiger partial charge < -0.3 is 4.18 Å². The molecule has 104 valence electrons. The van der Waals surface area contributed by atoms with Gasteiger partial charge in [-0.3, -0.25) is 0 Å². The Kier molecular flexibility index (Phi) is 4.01. The molecular weight excluding hydrogens is 340 g/mol. The summed E-state index contributed by atoms with van der Waals surface area (Å²) in [6.07, 6.45) is 2.70. The molecule has 0 heterocycles. The molecular formula is C15H13BrO3S. The van der Waals surface area contributed by atoms with Gasteiger partial charge in [0.25, 0.3) is 0 Å². The molecule has 0 fully saturated rings. The Morgan fingerprint density at radius 3 is 2.40 bits per heavy atom. The van der Waals surface area contributed by atoms with Gasteiger partial charge in [-0.05, 0) is 52.6 Å². The lowest BCUT2D eigenvalue weighted by atomic mass is 10.0. The number of halogens is 1. The zero-order valence-electron chi connectivity index (χ0n) is 10.9. The fourth-order valence-corrected chi connectivity index (χ4v) is 2.93. The van der Waals surface area contributed by atoms with E-state index in [0.717, 1.165) is 33.0 Å². The van der Waals surface area contributed by atoms with Gasteiger partial charge in [-0.1, -0.05) is 35.2 Å². The third kappa shape index (κ3) is 3.11. The van der Waals surface area contributed by atoms with Crippen molar-refractivity contribution in [3.8, 4) is 16.9 Å². The smallest absolute Gasteiger partial charge is 0.306 e. The first-order valence-electron chi connectivity index (χ1n) is 5.75. The second-order valence-electron chi connectivity index (χ2n) is 4.32. The summed E-state index contributed by atoms with van der Waals surface area (Å²) in [7, 11) is -3.54. The summed E-state index contributed by atoms with van der Waals surface area (Å²) in [5.41, 5.74) is 3.65. The van der Waals surface area contributed by atoms with E-state index in [1.54, 1.807) is 24.3 Å². The first-order chi connectivity index (χ1) is 9.31. The summed E-state index contributed by atoms with van der Waals surface area (Å²) in [5, 5.41) is 0. The quantitative estimate of drug-likeness (QED) is 0.614. The maximum atomic E-state index is 11.2. The highest BCUT2D eigenvalue weighted by molar-refractivity contribution is 9.10. The lowest BCUT2D eigenvalue weighted by Gasteiger charge is -2.00. The van der Waals surface area contributed by atoms with E-state index in [-0.39, 0.29) is 5.75 Å². The van der Waals surface area contributed by atoms with E-state index in [1.165, 1.54) is 0 Å². The Hall–Kier alpha value is -1.59. The van der Waals surface area contributed by atoms with E-state index in [9.17, 15) is 8.42 Å². The van der Waals surface area contributed by atoms with Crippen molar-refractivity contribution in [3.63, 3.8) is 0 Å². The minimum atomic E-state index is -3.54. The van der Waals surface area contributed by atoms with Crippen molar-refractivity contribution in [1.82, 2.24) is 0 Å². The van der Waals surface area contributed by atoms with Crippen molar-refractivity contribution in [2.24, 2.45) is 0 Å². The van der Waals surface area contributed by atoms with Crippen molar-refractivity contribution in [2.45, 2.75) is 0 Å². The molecule has 0 N–H and O–H groups in total. The fourth-order valence-electron chi connectivity index (χ4n) is 1.90. The molecule has 0 saturated heterocycles. The molecule has 0 amide bonds. The molecule has 0 radical (unpaired) electrons. The van der Waals surface area contributed by atoms with Gasteiger partial charge in [0, 0.05) is 4.47 Å². The molecule has 0 unspecified atom stereocenters. The van der Waals surface area contributed by atoms with Crippen LogP contribution in [0.15, 0.2) is 54.0 Å². The van der Waals surface area contributed by atoms with Gasteiger partial charge in [-0.2, -0.15) is 8.42 Å². The molecule has 0 aromatic carbocycles. The highest BCUT2D eigenvalue weighted by atomic mass is 79.9. The lowest BCUT2D eigenvalue weighted by molar-refractivity contribution is 0.493. The summed E-state index contributed by atoms with van der Waals surface area (Å²) in [5.74, 6) is 0.269. The van der Waals surface area contributed by atoms with Crippen molar-refractivity contribution in [1.29, 1.82) is 0 Å². The van der Waals surface area contributed by atoms with Gasteiger partial charge in [0.05, 0.1) is 6.26 Å². The molecule has 20 heavy (non-hydrogen) atoms. The summed E-state index contributed by atoms with van der Waals surface area (Å²) < 4.78 is 28.1. The zero-order chi connectivity index (χ0) is 14.9. The van der Waals surface area contributed by atoms with Crippen molar-refractivity contribution in [2.75, 3.05) is 6.26 Å². The maximum absolute atomic E-state index is 11.2. The Balaban J connectivity index is 2.59. The molecule has 0 spiro atoms. The van der Waals surface area contributed by atoms with Crippen LogP contribution in [0, 0.1) is 0 Å². The number of hydrogen-bond acceptors (Lipinski definition) is 3. The lowest BCUT2D eigenvalue weighted by Crippen LogP contribution is -2.04. The van der Waals surface area contributed by atoms with Crippen molar-refractivity contribution >= 4 is 31.6 Å². The monoisotopic (exact) mass is 352 g/mol. The van der Waals surface area contributed by atoms with Gasteiger partial charge >= 0.3 is 10.1 Å². The Morgan fingerprint density at radius 2 is 1.85 bits per heavy atom. The van der Waals surface area contributed by atoms with Gasteiger partial charge in [0.1, 0.15) is 5.75 Å². The van der Waals surface area contributed by atoms with Crippen molar-refractivity contribution in [3.05, 3.63) is 59.6 Å². The van der Waals surface area contributed by atoms with Gasteiger partial charge in [0.15, 0.2) is 0 Å². The topological polar surface area (TPSA) is 43.4 Å². The molecule has 0 aromatic heterocycles. The van der Waals surface area contributed by atoms with Crippen LogP contribution in [0.1, 0.15) is 5.56 Å². The van der Waals surface area contributed by atoms with Crippen LogP contribution in [0.25, 0.3) is 16.7 Å². The van der Waals surface area contributed by atoms with Crippen LogP contribution in [0.2, 0.25) is 0 Å². The van der Waals surface area contributed by atoms with Gasteiger partial charge in [-0.25, -0.2) is 0 Å². The molecule has 0 aromatic rings. The SMILES string of the molecule is C=CC(=C)c1cc(Br)c2ccc(OS(C)(=O)=O)ccc1-2. The predicted molar refractivity (Wildman–Crippen MR) is 85.5 cm³/mol. The third-order valence-electron chi connectivity index (χ3n) is 2.78. The summed E-state index contributed by atoms with van der Waals surface area (Å²) in [6, 6.07) is 8.82. The Labute approximate surface area is 127 Å². The maximum Gasteiger partial charge on any atom is 0.306 e. The first-order valence-corrected chi connectivity index (χ1v) is 8.36. The van der Waals surface area contributed by atoms with E-state index in [4.69, 9.17) is 4.18 Å². The Bertz CT molecular complexity index is 763. The third-order valence-corrected chi connectivity index (χ3v) is 3.93. The molecule has 5 heteroatoms. The highest BCUT2D eigenvalue weighted by Crippen LogP contribution is 2.39. The fraction of sp³-hybridized carbons (Fsp3) is 0.0667. The zero-order valence-corrected chi connectivity index (χ0v) is 13.3. The number of allylic oxidation sites excluding steroid dienone is 2. The van der Waals surface area contributed by atoms with Gasteiger partial charge in [0.2, 0.25) is 0 Å². The minimum Gasteiger partial charge on any atom is -0.383 e. The van der Waals surface area contributed by atoms with Crippen LogP contribution < -0.4 is 4.18 Å². The standard InChI is InChI=1S/C15H13BrO3S/c1-4-10(2)14-9-15(16)13-8-6-11(5-7-12(13)14)19-20(3,17)18/h4-9H,1-2H2,3H3. The van der Waals surface area contributed by atoms with Crippen LogP contribution in [-0.4, -0.2) is 14.7 Å². The molecule has 2 aliphatic carbocycles. The first kappa shape index (κ1) is 14.8. The molecule has 0 saturated carbocycles. The molecule has 3 nitrogen and oxygen atoms in total. The molecule has 2 rings (SSSR count). The van der Waals surface area contributed by atoms with Crippen LogP contribution in [-0.2, 0) is 10.1 Å². The normalized spacial score (nSPS) is 11.3. The number of rotatable bonds is 4. The van der Waals surface area contributed by atoms with Crippen LogP contribution >= 0.6 is 15.9 Å². The van der Waals surface area contributed by atoms with E-state index >= 15 is 0 Å². The minimum absolute atomic E-state index is 0.269. The molecule has 0 bridgehead atoms. The molecule has 0 atom stereocenters. The van der Waals surface area contributed by atoms with Crippen LogP contribution in [0.3, 0.4) is 0 Å². The molecule has 2 aliphatic rings. The number of fused-ring (bicyclic) bond motifs is 1. The predicted octanol–water partition coefficient (Wildman–Crippen LogP) is 4.09. The second kappa shape index (κ2) is 5.42. The van der Waals surface area contributed by atoms with E-state index in [2.05, 4.69) is 29.1 Å². The van der Waals surface area contributed by atoms with Crippen LogP contribution in [0.5, 0.6) is 5.75 Å². The Morgan fingerprint density at radius 1 is 1.25 bits per heavy atom. The second-order valence-corrected chi connectivity index (χ2v) is 6.75. The number of hydrogen-bond donors (Lipinski definition) is 0. The van der Waals surface area contributed by atoms with Crippen molar-refractivity contribution < 1.29 is 12.6 Å². The highest BCUT2D eigenvalue weighted by Gasteiger charge is 2.15. The van der Waals surface area contributed by atoms with E-state index in [0.29, 0.717) is 0 Å². The average molecular weight is 353 g/mol. The summed E-state index contributed by atoms with van der Waals surface area (Å²) in [6.45, 7) is 7.66. The summed E-state index contributed by atoms with van der Waals surface area (Å²) in [4.78, 5) is 0. The van der Waals surface area contributed by atoms with E-state index in [1.807, 2.05) is 12.1 Å². The molecule has 0 aliphatic heterocycles. The largest absolute Gasteiger partial charge is 0.383 e. The average Bonchev–Trinajstić information content (AvgIpc) is 2.53. The summed E-state index contributed by atoms with van der Waals surface area (Å²) >= 11 is 3.49. The van der Waals surface area contributed by atoms with E-state index < -0.39 is 10.1 Å². The van der Waals surface area contributed by atoms with Gasteiger partial charge in [-0.15, -0.1) is 0 Å².